The third-order valence-corrected chi connectivity index (χ3v) is 4.29. The van der Waals surface area contributed by atoms with Gasteiger partial charge in [-0.2, -0.15) is 8.42 Å². The molecule has 1 aliphatic heterocycles. The van der Waals surface area contributed by atoms with Gasteiger partial charge in [0.15, 0.2) is 0 Å². The predicted molar refractivity (Wildman–Crippen MR) is 67.3 cm³/mol. The van der Waals surface area contributed by atoms with Gasteiger partial charge in [-0.15, -0.1) is 0 Å². The van der Waals surface area contributed by atoms with Crippen molar-refractivity contribution in [3.05, 3.63) is 30.3 Å². The Bertz CT molecular complexity index is 530. The lowest BCUT2D eigenvalue weighted by Gasteiger charge is -2.20. The van der Waals surface area contributed by atoms with E-state index in [1.165, 1.54) is 12.1 Å². The Labute approximate surface area is 116 Å². The molecule has 0 bridgehead atoms. The predicted octanol–water partition coefficient (Wildman–Crippen LogP) is -1.13. The molecule has 0 aliphatic carbocycles. The molecule has 1 saturated heterocycles. The lowest BCUT2D eigenvalue weighted by molar-refractivity contribution is -0.0641. The average Bonchev–Trinajstić information content (AvgIpc) is 2.78. The second-order valence-corrected chi connectivity index (χ2v) is 6.09. The van der Waals surface area contributed by atoms with Crippen molar-refractivity contribution in [3.63, 3.8) is 0 Å². The van der Waals surface area contributed by atoms with Gasteiger partial charge in [0.1, 0.15) is 24.4 Å². The molecule has 3 N–H and O–H groups in total. The maximum Gasteiger partial charge on any atom is 0.297 e. The van der Waals surface area contributed by atoms with Crippen molar-refractivity contribution < 1.29 is 32.7 Å². The van der Waals surface area contributed by atoms with Crippen LogP contribution in [0.1, 0.15) is 0 Å². The first-order valence-electron chi connectivity index (χ1n) is 6.02. The van der Waals surface area contributed by atoms with Crippen LogP contribution in [0.25, 0.3) is 0 Å². The standard InChI is InChI=1S/C12H16O7S/c13-9-6-18-12(11(9)15)10(14)7-19-20(16,17)8-4-2-1-3-5-8/h1-5,9-15H,6-7H2/t9-,10-,11-,12-/m1/s1. The number of aliphatic hydroxyl groups excluding tert-OH is 3. The Kier molecular flexibility index (Phi) is 4.74. The highest BCUT2D eigenvalue weighted by molar-refractivity contribution is 7.86. The van der Waals surface area contributed by atoms with Gasteiger partial charge < -0.3 is 20.1 Å². The van der Waals surface area contributed by atoms with Gasteiger partial charge in [0.25, 0.3) is 10.1 Å². The van der Waals surface area contributed by atoms with E-state index in [1.54, 1.807) is 18.2 Å². The maximum atomic E-state index is 11.8. The highest BCUT2D eigenvalue weighted by Gasteiger charge is 2.39. The zero-order chi connectivity index (χ0) is 14.8. The minimum absolute atomic E-state index is 0.0277. The molecular weight excluding hydrogens is 288 g/mol. The smallest absolute Gasteiger partial charge is 0.297 e. The van der Waals surface area contributed by atoms with E-state index in [0.29, 0.717) is 0 Å². The molecule has 20 heavy (non-hydrogen) atoms. The molecular formula is C12H16O7S. The molecule has 112 valence electrons. The molecule has 8 heteroatoms. The summed E-state index contributed by atoms with van der Waals surface area (Å²) in [5.41, 5.74) is 0. The number of aliphatic hydroxyl groups is 3. The Balaban J connectivity index is 1.95. The van der Waals surface area contributed by atoms with Crippen LogP contribution in [0.5, 0.6) is 0 Å². The summed E-state index contributed by atoms with van der Waals surface area (Å²) >= 11 is 0. The first kappa shape index (κ1) is 15.4. The molecule has 1 heterocycles. The number of hydrogen-bond donors (Lipinski definition) is 3. The van der Waals surface area contributed by atoms with E-state index >= 15 is 0 Å². The number of hydrogen-bond acceptors (Lipinski definition) is 7. The van der Waals surface area contributed by atoms with Crippen molar-refractivity contribution in [3.8, 4) is 0 Å². The monoisotopic (exact) mass is 304 g/mol. The first-order valence-corrected chi connectivity index (χ1v) is 7.43. The van der Waals surface area contributed by atoms with Crippen LogP contribution in [-0.2, 0) is 19.0 Å². The summed E-state index contributed by atoms with van der Waals surface area (Å²) in [6, 6.07) is 7.50. The summed E-state index contributed by atoms with van der Waals surface area (Å²) in [4.78, 5) is -0.0277. The van der Waals surface area contributed by atoms with E-state index in [9.17, 15) is 23.7 Å². The lowest BCUT2D eigenvalue weighted by Crippen LogP contribution is -2.41. The van der Waals surface area contributed by atoms with Crippen LogP contribution in [0.15, 0.2) is 35.2 Å². The molecule has 1 aliphatic rings. The second kappa shape index (κ2) is 6.17. The Hall–Kier alpha value is -1.03. The normalized spacial score (nSPS) is 28.4. The zero-order valence-corrected chi connectivity index (χ0v) is 11.3. The molecule has 0 unspecified atom stereocenters. The third kappa shape index (κ3) is 3.35. The number of ether oxygens (including phenoxy) is 1. The minimum atomic E-state index is -3.98. The van der Waals surface area contributed by atoms with Crippen LogP contribution in [0.2, 0.25) is 0 Å². The summed E-state index contributed by atoms with van der Waals surface area (Å²) in [7, 11) is -3.98. The van der Waals surface area contributed by atoms with Gasteiger partial charge in [0.05, 0.1) is 18.1 Å². The van der Waals surface area contributed by atoms with Crippen LogP contribution in [0, 0.1) is 0 Å². The Morgan fingerprint density at radius 3 is 2.50 bits per heavy atom. The topological polar surface area (TPSA) is 113 Å². The average molecular weight is 304 g/mol. The van der Waals surface area contributed by atoms with Crippen LogP contribution < -0.4 is 0 Å². The summed E-state index contributed by atoms with van der Waals surface area (Å²) < 4.78 is 33.3. The largest absolute Gasteiger partial charge is 0.388 e. The Morgan fingerprint density at radius 2 is 1.95 bits per heavy atom. The molecule has 0 radical (unpaired) electrons. The van der Waals surface area contributed by atoms with Crippen molar-refractivity contribution in [2.75, 3.05) is 13.2 Å². The number of rotatable bonds is 5. The molecule has 0 amide bonds. The van der Waals surface area contributed by atoms with Crippen LogP contribution in [-0.4, -0.2) is 61.4 Å². The van der Waals surface area contributed by atoms with Gasteiger partial charge in [0, 0.05) is 0 Å². The first-order chi connectivity index (χ1) is 9.42. The SMILES string of the molecule is O=S(=O)(OC[C@@H](O)[C@H]1OC[C@@H](O)[C@H]1O)c1ccccc1. The minimum Gasteiger partial charge on any atom is -0.388 e. The molecule has 1 aromatic rings. The molecule has 0 aromatic heterocycles. The van der Waals surface area contributed by atoms with E-state index < -0.39 is 41.1 Å². The van der Waals surface area contributed by atoms with E-state index in [2.05, 4.69) is 0 Å². The Morgan fingerprint density at radius 1 is 1.30 bits per heavy atom. The van der Waals surface area contributed by atoms with Gasteiger partial charge in [-0.1, -0.05) is 18.2 Å². The van der Waals surface area contributed by atoms with Gasteiger partial charge >= 0.3 is 0 Å². The van der Waals surface area contributed by atoms with Gasteiger partial charge in [-0.3, -0.25) is 4.18 Å². The second-order valence-electron chi connectivity index (χ2n) is 4.47. The molecule has 7 nitrogen and oxygen atoms in total. The van der Waals surface area contributed by atoms with Crippen molar-refractivity contribution in [2.45, 2.75) is 29.3 Å². The van der Waals surface area contributed by atoms with Gasteiger partial charge in [0.2, 0.25) is 0 Å². The van der Waals surface area contributed by atoms with E-state index in [4.69, 9.17) is 8.92 Å². The van der Waals surface area contributed by atoms with Crippen LogP contribution in [0.4, 0.5) is 0 Å². The van der Waals surface area contributed by atoms with Crippen molar-refractivity contribution in [1.82, 2.24) is 0 Å². The van der Waals surface area contributed by atoms with Crippen LogP contribution in [0.3, 0.4) is 0 Å². The van der Waals surface area contributed by atoms with Gasteiger partial charge in [-0.25, -0.2) is 0 Å². The molecule has 0 spiro atoms. The lowest BCUT2D eigenvalue weighted by atomic mass is 10.1. The molecule has 4 atom stereocenters. The summed E-state index contributed by atoms with van der Waals surface area (Å²) in [6.07, 6.45) is -4.80. The highest BCUT2D eigenvalue weighted by atomic mass is 32.2. The third-order valence-electron chi connectivity index (χ3n) is 3.00. The van der Waals surface area contributed by atoms with Crippen molar-refractivity contribution >= 4 is 10.1 Å². The van der Waals surface area contributed by atoms with E-state index in [0.717, 1.165) is 0 Å². The highest BCUT2D eigenvalue weighted by Crippen LogP contribution is 2.19. The summed E-state index contributed by atoms with van der Waals surface area (Å²) in [5.74, 6) is 0. The number of benzene rings is 1. The summed E-state index contributed by atoms with van der Waals surface area (Å²) in [5, 5.41) is 28.6. The fraction of sp³-hybridized carbons (Fsp3) is 0.500. The fourth-order valence-corrected chi connectivity index (χ4v) is 2.82. The van der Waals surface area contributed by atoms with Gasteiger partial charge in [-0.05, 0) is 12.1 Å². The quantitative estimate of drug-likeness (QED) is 0.590. The summed E-state index contributed by atoms with van der Waals surface area (Å²) in [6.45, 7) is -0.681. The van der Waals surface area contributed by atoms with Crippen molar-refractivity contribution in [1.29, 1.82) is 0 Å². The maximum absolute atomic E-state index is 11.8. The van der Waals surface area contributed by atoms with E-state index in [1.807, 2.05) is 0 Å². The molecule has 0 saturated carbocycles. The molecule has 1 aromatic carbocycles. The molecule has 2 rings (SSSR count). The zero-order valence-electron chi connectivity index (χ0n) is 10.5. The van der Waals surface area contributed by atoms with E-state index in [-0.39, 0.29) is 11.5 Å². The molecule has 1 fully saturated rings. The van der Waals surface area contributed by atoms with Crippen molar-refractivity contribution in [2.24, 2.45) is 0 Å². The fourth-order valence-electron chi connectivity index (χ4n) is 1.87. The van der Waals surface area contributed by atoms with Crippen LogP contribution >= 0.6 is 0 Å².